The van der Waals surface area contributed by atoms with E-state index >= 15 is 0 Å². The van der Waals surface area contributed by atoms with Crippen LogP contribution in [0.2, 0.25) is 0 Å². The molecule has 0 saturated heterocycles. The Morgan fingerprint density at radius 2 is 1.88 bits per heavy atom. The molecule has 3 amide bonds. The molecule has 0 unspecified atom stereocenters. The number of imide groups is 1. The summed E-state index contributed by atoms with van der Waals surface area (Å²) >= 11 is 0. The van der Waals surface area contributed by atoms with Gasteiger partial charge in [-0.25, -0.2) is 9.97 Å². The first-order valence-electron chi connectivity index (χ1n) is 7.29. The average molecular weight is 340 g/mol. The molecule has 3 rings (SSSR count). The second kappa shape index (κ2) is 6.11. The molecule has 3 heterocycles. The highest BCUT2D eigenvalue weighted by atomic mass is 16.3. The third-order valence-corrected chi connectivity index (χ3v) is 3.46. The van der Waals surface area contributed by atoms with Crippen molar-refractivity contribution >= 4 is 29.4 Å². The van der Waals surface area contributed by atoms with Crippen LogP contribution in [0.3, 0.4) is 0 Å². The van der Waals surface area contributed by atoms with Crippen LogP contribution in [0, 0.1) is 6.92 Å². The molecule has 1 N–H and O–H groups in total. The highest BCUT2D eigenvalue weighted by molar-refractivity contribution is 6.30. The highest BCUT2D eigenvalue weighted by Crippen LogP contribution is 2.23. The van der Waals surface area contributed by atoms with Gasteiger partial charge in [-0.1, -0.05) is 0 Å². The van der Waals surface area contributed by atoms with Gasteiger partial charge in [-0.15, -0.1) is 0 Å². The molecule has 0 bridgehead atoms. The summed E-state index contributed by atoms with van der Waals surface area (Å²) in [7, 11) is 0. The van der Waals surface area contributed by atoms with Crippen LogP contribution < -0.4 is 9.58 Å². The minimum atomic E-state index is -1.03. The van der Waals surface area contributed by atoms with Crippen LogP contribution in [-0.4, -0.2) is 37.8 Å². The molecule has 0 fully saturated rings. The maximum Gasteiger partial charge on any atom is 0.350 e. The van der Waals surface area contributed by atoms with Crippen LogP contribution in [0.1, 0.15) is 12.5 Å². The molecule has 1 aliphatic rings. The van der Waals surface area contributed by atoms with Crippen LogP contribution in [0.5, 0.6) is 0 Å². The standard InChI is InChI=1S/C16H13N5O4/c1-10-5-3-8-19(9-10)12-13(23)15(25)21(14(12)24)20(11(2)22)16-17-6-4-7-18-16/h3-9H,1-2H3/p+1. The number of aryl methyl sites for hydroxylation is 1. The summed E-state index contributed by atoms with van der Waals surface area (Å²) < 4.78 is 1.33. The molecule has 126 valence electrons. The minimum Gasteiger partial charge on any atom is -0.498 e. The van der Waals surface area contributed by atoms with E-state index in [1.807, 2.05) is 0 Å². The van der Waals surface area contributed by atoms with Gasteiger partial charge in [0.15, 0.2) is 12.4 Å². The number of hydrogen-bond acceptors (Lipinski definition) is 6. The molecule has 1 aliphatic heterocycles. The lowest BCUT2D eigenvalue weighted by Crippen LogP contribution is -2.52. The van der Waals surface area contributed by atoms with E-state index in [1.165, 1.54) is 29.2 Å². The number of pyridine rings is 1. The number of aliphatic hydroxyl groups excluding tert-OH is 1. The monoisotopic (exact) mass is 340 g/mol. The summed E-state index contributed by atoms with van der Waals surface area (Å²) in [4.78, 5) is 45.0. The molecule has 0 atom stereocenters. The number of hydrazine groups is 1. The van der Waals surface area contributed by atoms with Gasteiger partial charge < -0.3 is 5.11 Å². The van der Waals surface area contributed by atoms with E-state index in [0.717, 1.165) is 17.5 Å². The Morgan fingerprint density at radius 1 is 1.20 bits per heavy atom. The molecular formula is C16H14N5O4+. The molecule has 9 nitrogen and oxygen atoms in total. The first kappa shape index (κ1) is 16.2. The number of anilines is 1. The van der Waals surface area contributed by atoms with Crippen LogP contribution in [0.25, 0.3) is 5.70 Å². The third kappa shape index (κ3) is 2.71. The first-order chi connectivity index (χ1) is 11.9. The van der Waals surface area contributed by atoms with Crippen molar-refractivity contribution in [2.45, 2.75) is 13.8 Å². The normalized spacial score (nSPS) is 14.2. The number of carbonyl (C=O) groups is 3. The van der Waals surface area contributed by atoms with Crippen molar-refractivity contribution in [3.05, 3.63) is 54.3 Å². The van der Waals surface area contributed by atoms with E-state index in [4.69, 9.17) is 0 Å². The first-order valence-corrected chi connectivity index (χ1v) is 7.29. The predicted octanol–water partition coefficient (Wildman–Crippen LogP) is 0.136. The molecule has 0 radical (unpaired) electrons. The summed E-state index contributed by atoms with van der Waals surface area (Å²) in [6.45, 7) is 2.96. The van der Waals surface area contributed by atoms with Crippen molar-refractivity contribution in [1.82, 2.24) is 15.0 Å². The molecule has 25 heavy (non-hydrogen) atoms. The van der Waals surface area contributed by atoms with Gasteiger partial charge in [0, 0.05) is 30.9 Å². The van der Waals surface area contributed by atoms with Crippen molar-refractivity contribution in [1.29, 1.82) is 0 Å². The number of aliphatic hydroxyl groups is 1. The van der Waals surface area contributed by atoms with Gasteiger partial charge >= 0.3 is 17.5 Å². The van der Waals surface area contributed by atoms with E-state index < -0.39 is 23.5 Å². The zero-order chi connectivity index (χ0) is 18.1. The summed E-state index contributed by atoms with van der Waals surface area (Å²) in [6, 6.07) is 4.99. The largest absolute Gasteiger partial charge is 0.498 e. The summed E-state index contributed by atoms with van der Waals surface area (Å²) in [6.07, 6.45) is 5.83. The summed E-state index contributed by atoms with van der Waals surface area (Å²) in [5.41, 5.74) is 0.562. The summed E-state index contributed by atoms with van der Waals surface area (Å²) in [5, 5.41) is 11.4. The van der Waals surface area contributed by atoms with Gasteiger partial charge in [0.2, 0.25) is 5.91 Å². The van der Waals surface area contributed by atoms with E-state index in [0.29, 0.717) is 5.01 Å². The maximum atomic E-state index is 12.8. The average Bonchev–Trinajstić information content (AvgIpc) is 2.79. The minimum absolute atomic E-state index is 0.153. The second-order valence-electron chi connectivity index (χ2n) is 5.29. The lowest BCUT2D eigenvalue weighted by molar-refractivity contribution is -0.579. The number of nitrogens with zero attached hydrogens (tertiary/aromatic N) is 5. The quantitative estimate of drug-likeness (QED) is 0.629. The van der Waals surface area contributed by atoms with Gasteiger partial charge in [-0.2, -0.15) is 14.6 Å². The fourth-order valence-corrected chi connectivity index (χ4v) is 2.41. The summed E-state index contributed by atoms with van der Waals surface area (Å²) in [5.74, 6) is -3.46. The molecular weight excluding hydrogens is 326 g/mol. The molecule has 2 aromatic heterocycles. The van der Waals surface area contributed by atoms with Gasteiger partial charge in [0.25, 0.3) is 11.7 Å². The van der Waals surface area contributed by atoms with Crippen LogP contribution in [0.15, 0.2) is 48.7 Å². The number of rotatable bonds is 3. The number of carbonyl (C=O) groups excluding carboxylic acids is 3. The zero-order valence-corrected chi connectivity index (χ0v) is 13.4. The van der Waals surface area contributed by atoms with Crippen LogP contribution >= 0.6 is 0 Å². The smallest absolute Gasteiger partial charge is 0.350 e. The topological polar surface area (TPSA) is 108 Å². The Hall–Kier alpha value is -3.62. The third-order valence-electron chi connectivity index (χ3n) is 3.46. The lowest BCUT2D eigenvalue weighted by Gasteiger charge is -2.25. The molecule has 0 aliphatic carbocycles. The highest BCUT2D eigenvalue weighted by Gasteiger charge is 2.50. The van der Waals surface area contributed by atoms with E-state index in [1.54, 1.807) is 25.3 Å². The van der Waals surface area contributed by atoms with E-state index in [9.17, 15) is 19.5 Å². The molecule has 9 heteroatoms. The van der Waals surface area contributed by atoms with Gasteiger partial charge in [-0.05, 0) is 19.1 Å². The van der Waals surface area contributed by atoms with E-state index in [2.05, 4.69) is 9.97 Å². The van der Waals surface area contributed by atoms with Crippen molar-refractivity contribution in [3.63, 3.8) is 0 Å². The fourth-order valence-electron chi connectivity index (χ4n) is 2.41. The maximum absolute atomic E-state index is 12.8. The Kier molecular flexibility index (Phi) is 3.97. The fraction of sp³-hybridized carbons (Fsp3) is 0.125. The van der Waals surface area contributed by atoms with Crippen LogP contribution in [-0.2, 0) is 14.4 Å². The lowest BCUT2D eigenvalue weighted by atomic mass is 10.3. The van der Waals surface area contributed by atoms with E-state index in [-0.39, 0.29) is 11.6 Å². The van der Waals surface area contributed by atoms with Crippen molar-refractivity contribution in [2.75, 3.05) is 5.01 Å². The van der Waals surface area contributed by atoms with Gasteiger partial charge in [0.1, 0.15) is 0 Å². The van der Waals surface area contributed by atoms with Gasteiger partial charge in [0.05, 0.1) is 0 Å². The molecule has 0 aromatic carbocycles. The van der Waals surface area contributed by atoms with Crippen molar-refractivity contribution < 1.29 is 24.1 Å². The molecule has 0 saturated carbocycles. The second-order valence-corrected chi connectivity index (χ2v) is 5.29. The number of aromatic nitrogens is 3. The number of amides is 3. The Morgan fingerprint density at radius 3 is 2.48 bits per heavy atom. The van der Waals surface area contributed by atoms with Gasteiger partial charge in [-0.3, -0.25) is 14.4 Å². The Balaban J connectivity index is 2.07. The van der Waals surface area contributed by atoms with Crippen LogP contribution in [0.4, 0.5) is 5.95 Å². The zero-order valence-electron chi connectivity index (χ0n) is 13.4. The SMILES string of the molecule is CC(=O)N(c1ncccn1)N1C(=O)C(O)=C([n+]2cccc(C)c2)C1=O. The van der Waals surface area contributed by atoms with Crippen molar-refractivity contribution in [2.24, 2.45) is 0 Å². The Bertz CT molecular complexity index is 910. The van der Waals surface area contributed by atoms with Crippen molar-refractivity contribution in [3.8, 4) is 0 Å². The molecule has 0 spiro atoms. The predicted molar refractivity (Wildman–Crippen MR) is 84.3 cm³/mol. The number of hydrogen-bond donors (Lipinski definition) is 1. The Labute approximate surface area is 142 Å². The molecule has 2 aromatic rings.